The highest BCUT2D eigenvalue weighted by Crippen LogP contribution is 2.08. The van der Waals surface area contributed by atoms with E-state index in [0.717, 1.165) is 11.8 Å². The number of amides is 2. The topological polar surface area (TPSA) is 83.5 Å². The van der Waals surface area contributed by atoms with Gasteiger partial charge in [0.05, 0.1) is 5.75 Å². The van der Waals surface area contributed by atoms with E-state index in [1.165, 1.54) is 12.4 Å². The average Bonchev–Trinajstić information content (AvgIpc) is 2.73. The molecule has 0 spiro atoms. The van der Waals surface area contributed by atoms with Crippen molar-refractivity contribution in [1.29, 1.82) is 0 Å². The fourth-order valence-corrected chi connectivity index (χ4v) is 1.66. The van der Waals surface area contributed by atoms with Gasteiger partial charge in [0.15, 0.2) is 0 Å². The van der Waals surface area contributed by atoms with Gasteiger partial charge in [-0.2, -0.15) is 5.10 Å². The Kier molecular flexibility index (Phi) is 3.16. The van der Waals surface area contributed by atoms with Crippen molar-refractivity contribution >= 4 is 28.7 Å². The number of thioether (sulfide) groups is 1. The van der Waals surface area contributed by atoms with Crippen LogP contribution in [0.1, 0.15) is 10.4 Å². The van der Waals surface area contributed by atoms with Crippen molar-refractivity contribution in [3.63, 3.8) is 0 Å². The third-order valence-electron chi connectivity index (χ3n) is 1.82. The van der Waals surface area contributed by atoms with Gasteiger partial charge in [0.2, 0.25) is 0 Å². The van der Waals surface area contributed by atoms with Gasteiger partial charge in [-0.1, -0.05) is 11.8 Å². The lowest BCUT2D eigenvalue weighted by Crippen LogP contribution is -2.26. The Morgan fingerprint density at radius 1 is 1.50 bits per heavy atom. The summed E-state index contributed by atoms with van der Waals surface area (Å²) >= 11 is 1.11. The SMILES string of the molecule is O=C1NC(=NNC(=O)c2ccncc2)CS1. The fourth-order valence-electron chi connectivity index (χ4n) is 1.07. The first-order valence-corrected chi connectivity index (χ1v) is 5.45. The number of aromatic nitrogens is 1. The predicted octanol–water partition coefficient (Wildman–Crippen LogP) is 0.581. The first kappa shape index (κ1) is 10.6. The zero-order valence-corrected chi connectivity index (χ0v) is 8.95. The van der Waals surface area contributed by atoms with Gasteiger partial charge in [0, 0.05) is 18.0 Å². The van der Waals surface area contributed by atoms with Crippen molar-refractivity contribution in [1.82, 2.24) is 15.7 Å². The highest BCUT2D eigenvalue weighted by atomic mass is 32.2. The number of nitrogens with zero attached hydrogens (tertiary/aromatic N) is 2. The van der Waals surface area contributed by atoms with Gasteiger partial charge < -0.3 is 5.32 Å². The first-order chi connectivity index (χ1) is 7.75. The lowest BCUT2D eigenvalue weighted by atomic mass is 10.3. The van der Waals surface area contributed by atoms with Crippen LogP contribution in [0.2, 0.25) is 0 Å². The number of pyridine rings is 1. The van der Waals surface area contributed by atoms with Crippen LogP contribution in [-0.4, -0.2) is 27.7 Å². The zero-order valence-electron chi connectivity index (χ0n) is 8.14. The van der Waals surface area contributed by atoms with Crippen LogP contribution in [0.15, 0.2) is 29.6 Å². The Labute approximate surface area is 95.5 Å². The monoisotopic (exact) mass is 236 g/mol. The fraction of sp³-hybridized carbons (Fsp3) is 0.111. The highest BCUT2D eigenvalue weighted by molar-refractivity contribution is 8.14. The second-order valence-electron chi connectivity index (χ2n) is 2.94. The molecule has 0 aromatic carbocycles. The largest absolute Gasteiger partial charge is 0.303 e. The summed E-state index contributed by atoms with van der Waals surface area (Å²) in [5.41, 5.74) is 2.82. The smallest absolute Gasteiger partial charge is 0.284 e. The highest BCUT2D eigenvalue weighted by Gasteiger charge is 2.16. The van der Waals surface area contributed by atoms with Gasteiger partial charge in [-0.3, -0.25) is 14.6 Å². The minimum absolute atomic E-state index is 0.156. The number of carbonyl (C=O) groups excluding carboxylic acids is 2. The first-order valence-electron chi connectivity index (χ1n) is 4.46. The van der Waals surface area contributed by atoms with Crippen molar-refractivity contribution < 1.29 is 9.59 Å². The molecule has 2 N–H and O–H groups in total. The summed E-state index contributed by atoms with van der Waals surface area (Å²) in [4.78, 5) is 26.1. The van der Waals surface area contributed by atoms with Crippen LogP contribution in [0.25, 0.3) is 0 Å². The molecule has 0 unspecified atom stereocenters. The van der Waals surface area contributed by atoms with Gasteiger partial charge in [-0.15, -0.1) is 0 Å². The van der Waals surface area contributed by atoms with Crippen LogP contribution < -0.4 is 10.7 Å². The third kappa shape index (κ3) is 2.57. The molecular formula is C9H8N4O2S. The second-order valence-corrected chi connectivity index (χ2v) is 3.88. The van der Waals surface area contributed by atoms with E-state index >= 15 is 0 Å². The summed E-state index contributed by atoms with van der Waals surface area (Å²) in [6.07, 6.45) is 3.05. The van der Waals surface area contributed by atoms with Crippen LogP contribution in [0.3, 0.4) is 0 Å². The van der Waals surface area contributed by atoms with E-state index in [9.17, 15) is 9.59 Å². The maximum absolute atomic E-state index is 11.5. The minimum atomic E-state index is -0.332. The molecule has 7 heteroatoms. The molecule has 1 aliphatic rings. The Balaban J connectivity index is 1.96. The van der Waals surface area contributed by atoms with Crippen LogP contribution in [0.4, 0.5) is 4.79 Å². The number of hydrogen-bond acceptors (Lipinski definition) is 5. The zero-order chi connectivity index (χ0) is 11.4. The maximum atomic E-state index is 11.5. The van der Waals surface area contributed by atoms with E-state index in [1.54, 1.807) is 12.1 Å². The van der Waals surface area contributed by atoms with Gasteiger partial charge in [0.25, 0.3) is 11.1 Å². The second kappa shape index (κ2) is 4.75. The van der Waals surface area contributed by atoms with E-state index in [1.807, 2.05) is 0 Å². The quantitative estimate of drug-likeness (QED) is 0.736. The number of rotatable bonds is 2. The molecule has 0 saturated carbocycles. The molecule has 0 radical (unpaired) electrons. The molecule has 1 aromatic rings. The van der Waals surface area contributed by atoms with Crippen molar-refractivity contribution in [2.75, 3.05) is 5.75 Å². The van der Waals surface area contributed by atoms with E-state index in [-0.39, 0.29) is 11.1 Å². The average molecular weight is 236 g/mol. The summed E-state index contributed by atoms with van der Waals surface area (Å²) in [5, 5.41) is 6.15. The molecule has 0 aliphatic carbocycles. The van der Waals surface area contributed by atoms with Crippen molar-refractivity contribution in [2.45, 2.75) is 0 Å². The lowest BCUT2D eigenvalue weighted by Gasteiger charge is -1.99. The van der Waals surface area contributed by atoms with Gasteiger partial charge in [-0.25, -0.2) is 5.43 Å². The molecule has 6 nitrogen and oxygen atoms in total. The summed E-state index contributed by atoms with van der Waals surface area (Å²) < 4.78 is 0. The molecule has 16 heavy (non-hydrogen) atoms. The van der Waals surface area contributed by atoms with Crippen LogP contribution in [0.5, 0.6) is 0 Å². The molecule has 0 bridgehead atoms. The molecule has 1 aromatic heterocycles. The molecular weight excluding hydrogens is 228 g/mol. The summed E-state index contributed by atoms with van der Waals surface area (Å²) in [6.45, 7) is 0. The molecule has 1 saturated heterocycles. The van der Waals surface area contributed by atoms with Crippen LogP contribution in [0, 0.1) is 0 Å². The van der Waals surface area contributed by atoms with E-state index < -0.39 is 0 Å². The Bertz CT molecular complexity index is 446. The number of hydrazone groups is 1. The normalized spacial score (nSPS) is 17.2. The van der Waals surface area contributed by atoms with Gasteiger partial charge >= 0.3 is 0 Å². The molecule has 2 rings (SSSR count). The molecule has 1 aliphatic heterocycles. The molecule has 2 amide bonds. The van der Waals surface area contributed by atoms with Crippen LogP contribution in [-0.2, 0) is 0 Å². The molecule has 0 atom stereocenters. The minimum Gasteiger partial charge on any atom is -0.303 e. The number of nitrogens with one attached hydrogen (secondary N) is 2. The summed E-state index contributed by atoms with van der Waals surface area (Å²) in [5.74, 6) is 0.577. The number of hydrogen-bond donors (Lipinski definition) is 2. The number of amidine groups is 1. The Morgan fingerprint density at radius 3 is 2.88 bits per heavy atom. The van der Waals surface area contributed by atoms with E-state index in [2.05, 4.69) is 20.8 Å². The molecule has 2 heterocycles. The van der Waals surface area contributed by atoms with Crippen molar-refractivity contribution in [3.05, 3.63) is 30.1 Å². The molecule has 1 fully saturated rings. The van der Waals surface area contributed by atoms with Crippen molar-refractivity contribution in [2.24, 2.45) is 5.10 Å². The summed E-state index contributed by atoms with van der Waals surface area (Å²) in [7, 11) is 0. The summed E-state index contributed by atoms with van der Waals surface area (Å²) in [6, 6.07) is 3.16. The number of carbonyl (C=O) groups is 2. The Morgan fingerprint density at radius 2 is 2.25 bits per heavy atom. The Hall–Kier alpha value is -1.89. The van der Waals surface area contributed by atoms with E-state index in [4.69, 9.17) is 0 Å². The third-order valence-corrected chi connectivity index (χ3v) is 2.60. The maximum Gasteiger partial charge on any atom is 0.284 e. The standard InChI is InChI=1S/C9H8N4O2S/c14-8(6-1-3-10-4-2-6)13-12-7-5-16-9(15)11-7/h1-4H,5H2,(H,13,14)(H,11,12,15). The molecule has 82 valence electrons. The predicted molar refractivity (Wildman–Crippen MR) is 60.1 cm³/mol. The van der Waals surface area contributed by atoms with E-state index in [0.29, 0.717) is 17.2 Å². The van der Waals surface area contributed by atoms with Crippen molar-refractivity contribution in [3.8, 4) is 0 Å². The van der Waals surface area contributed by atoms with Gasteiger partial charge in [0.1, 0.15) is 5.84 Å². The van der Waals surface area contributed by atoms with Gasteiger partial charge in [-0.05, 0) is 12.1 Å². The van der Waals surface area contributed by atoms with Crippen LogP contribution >= 0.6 is 11.8 Å². The lowest BCUT2D eigenvalue weighted by molar-refractivity contribution is 0.0954.